The molecule has 2 aliphatic heterocycles. The van der Waals surface area contributed by atoms with Crippen molar-refractivity contribution in [3.63, 3.8) is 0 Å². The van der Waals surface area contributed by atoms with Crippen LogP contribution < -0.4 is 0 Å². The molecule has 0 bridgehead atoms. The Hall–Kier alpha value is -1.05. The number of fused-ring (bicyclic) bond motifs is 2. The Balaban J connectivity index is 0.000000151. The van der Waals surface area contributed by atoms with Gasteiger partial charge in [0.05, 0.1) is 12.2 Å². The minimum atomic E-state index is -0.618. The Labute approximate surface area is 155 Å². The van der Waals surface area contributed by atoms with Crippen LogP contribution in [0.25, 0.3) is 0 Å². The summed E-state index contributed by atoms with van der Waals surface area (Å²) in [7, 11) is 0. The molecular formula is C20H30O6. The predicted molar refractivity (Wildman–Crippen MR) is 95.3 cm³/mol. The minimum Gasteiger partial charge on any atom is -0.390 e. The van der Waals surface area contributed by atoms with Crippen molar-refractivity contribution in [1.29, 1.82) is 0 Å². The van der Waals surface area contributed by atoms with E-state index in [1.807, 2.05) is 33.8 Å². The van der Waals surface area contributed by atoms with E-state index in [9.17, 15) is 9.90 Å². The number of hydrogen-bond acceptors (Lipinski definition) is 6. The van der Waals surface area contributed by atoms with E-state index in [4.69, 9.17) is 18.9 Å². The van der Waals surface area contributed by atoms with Gasteiger partial charge in [-0.2, -0.15) is 0 Å². The van der Waals surface area contributed by atoms with Gasteiger partial charge in [-0.15, -0.1) is 13.2 Å². The van der Waals surface area contributed by atoms with Crippen LogP contribution in [0, 0.1) is 11.8 Å². The molecule has 146 valence electrons. The van der Waals surface area contributed by atoms with E-state index >= 15 is 0 Å². The molecular weight excluding hydrogens is 336 g/mol. The van der Waals surface area contributed by atoms with Gasteiger partial charge in [-0.1, -0.05) is 12.2 Å². The molecule has 0 aromatic heterocycles. The average Bonchev–Trinajstić information content (AvgIpc) is 3.21. The summed E-state index contributed by atoms with van der Waals surface area (Å²) in [5, 5.41) is 9.68. The molecule has 1 N–H and O–H groups in total. The molecule has 0 radical (unpaired) electrons. The zero-order valence-corrected chi connectivity index (χ0v) is 16.0. The molecule has 6 nitrogen and oxygen atoms in total. The Kier molecular flexibility index (Phi) is 5.18. The van der Waals surface area contributed by atoms with Crippen molar-refractivity contribution in [3.8, 4) is 0 Å². The largest absolute Gasteiger partial charge is 0.390 e. The third-order valence-corrected chi connectivity index (χ3v) is 5.39. The van der Waals surface area contributed by atoms with Crippen molar-refractivity contribution in [2.45, 2.75) is 82.6 Å². The molecule has 2 saturated heterocycles. The predicted octanol–water partition coefficient (Wildman–Crippen LogP) is 2.35. The van der Waals surface area contributed by atoms with Crippen molar-refractivity contribution >= 4 is 5.78 Å². The van der Waals surface area contributed by atoms with Crippen LogP contribution in [0.4, 0.5) is 0 Å². The van der Waals surface area contributed by atoms with Crippen LogP contribution in [-0.4, -0.2) is 53.0 Å². The van der Waals surface area contributed by atoms with Crippen molar-refractivity contribution in [1.82, 2.24) is 0 Å². The number of ether oxygens (including phenoxy) is 4. The molecule has 2 aliphatic carbocycles. The summed E-state index contributed by atoms with van der Waals surface area (Å²) in [6, 6.07) is 0. The number of aliphatic hydroxyl groups excluding tert-OH is 1. The van der Waals surface area contributed by atoms with E-state index in [0.717, 1.165) is 0 Å². The summed E-state index contributed by atoms with van der Waals surface area (Å²) >= 11 is 0. The molecule has 0 aromatic carbocycles. The summed E-state index contributed by atoms with van der Waals surface area (Å²) in [5.41, 5.74) is 0. The summed E-state index contributed by atoms with van der Waals surface area (Å²) in [6.07, 6.45) is 3.78. The van der Waals surface area contributed by atoms with Gasteiger partial charge in [0, 0.05) is 18.3 Å². The Morgan fingerprint density at radius 2 is 1.46 bits per heavy atom. The molecule has 4 fully saturated rings. The highest BCUT2D eigenvalue weighted by molar-refractivity contribution is 5.87. The normalized spacial score (nSPS) is 44.8. The second-order valence-corrected chi connectivity index (χ2v) is 8.36. The maximum Gasteiger partial charge on any atom is 0.165 e. The minimum absolute atomic E-state index is 0.0116. The van der Waals surface area contributed by atoms with Crippen LogP contribution in [0.1, 0.15) is 40.5 Å². The molecule has 7 atom stereocenters. The van der Waals surface area contributed by atoms with Crippen LogP contribution in [0.15, 0.2) is 25.3 Å². The van der Waals surface area contributed by atoms with E-state index in [2.05, 4.69) is 13.2 Å². The maximum atomic E-state index is 11.5. The standard InChI is InChI=1S/C10H16O3.C10H14O3/c2*1-4-6-5-7(11)9-8(6)12-10(2,3)13-9/h4,6-9,11H,1,5H2,2-3H3;4,6,8-9H,1,5H2,2-3H3/t6-,7-,8+,9-;6-,8+,9-/m00/s1. The molecule has 2 heterocycles. The first-order chi connectivity index (χ1) is 12.1. The molecule has 4 rings (SSSR count). The van der Waals surface area contributed by atoms with Crippen LogP contribution in [-0.2, 0) is 23.7 Å². The van der Waals surface area contributed by atoms with Crippen LogP contribution >= 0.6 is 0 Å². The van der Waals surface area contributed by atoms with Gasteiger partial charge in [-0.3, -0.25) is 4.79 Å². The second-order valence-electron chi connectivity index (χ2n) is 8.36. The zero-order chi connectivity index (χ0) is 19.3. The van der Waals surface area contributed by atoms with Crippen molar-refractivity contribution in [2.24, 2.45) is 11.8 Å². The fourth-order valence-corrected chi connectivity index (χ4v) is 4.26. The molecule has 0 unspecified atom stereocenters. The van der Waals surface area contributed by atoms with Gasteiger partial charge >= 0.3 is 0 Å². The Bertz CT molecular complexity index is 583. The molecule has 0 amide bonds. The van der Waals surface area contributed by atoms with Gasteiger partial charge < -0.3 is 24.1 Å². The quantitative estimate of drug-likeness (QED) is 0.756. The number of carbonyl (C=O) groups is 1. The molecule has 0 aromatic rings. The number of carbonyl (C=O) groups excluding carboxylic acids is 1. The highest BCUT2D eigenvalue weighted by atomic mass is 16.8. The number of rotatable bonds is 2. The van der Waals surface area contributed by atoms with E-state index in [-0.39, 0.29) is 42.0 Å². The summed E-state index contributed by atoms with van der Waals surface area (Å²) in [5.74, 6) is -0.688. The smallest absolute Gasteiger partial charge is 0.165 e. The lowest BCUT2D eigenvalue weighted by Gasteiger charge is -2.20. The summed E-state index contributed by atoms with van der Waals surface area (Å²) < 4.78 is 22.4. The molecule has 6 heteroatoms. The van der Waals surface area contributed by atoms with Gasteiger partial charge in [0.25, 0.3) is 0 Å². The third kappa shape index (κ3) is 3.66. The number of Topliss-reactive ketones (excluding diaryl/α,β-unsaturated/α-hetero) is 1. The highest BCUT2D eigenvalue weighted by Gasteiger charge is 2.53. The molecule has 4 aliphatic rings. The number of aliphatic hydroxyl groups is 1. The first-order valence-electron chi connectivity index (χ1n) is 9.24. The highest BCUT2D eigenvalue weighted by Crippen LogP contribution is 2.42. The summed E-state index contributed by atoms with van der Waals surface area (Å²) in [6.45, 7) is 14.8. The average molecular weight is 366 g/mol. The Morgan fingerprint density at radius 3 is 2.08 bits per heavy atom. The van der Waals surface area contributed by atoms with E-state index in [1.165, 1.54) is 0 Å². The van der Waals surface area contributed by atoms with E-state index in [0.29, 0.717) is 12.8 Å². The molecule has 0 spiro atoms. The third-order valence-electron chi connectivity index (χ3n) is 5.39. The van der Waals surface area contributed by atoms with E-state index in [1.54, 1.807) is 6.08 Å². The topological polar surface area (TPSA) is 74.2 Å². The van der Waals surface area contributed by atoms with Crippen molar-refractivity contribution < 1.29 is 28.8 Å². The second kappa shape index (κ2) is 6.84. The van der Waals surface area contributed by atoms with Crippen LogP contribution in [0.3, 0.4) is 0 Å². The van der Waals surface area contributed by atoms with Gasteiger partial charge in [-0.05, 0) is 34.1 Å². The monoisotopic (exact) mass is 366 g/mol. The molecule has 26 heavy (non-hydrogen) atoms. The fourth-order valence-electron chi connectivity index (χ4n) is 4.26. The first kappa shape index (κ1) is 19.7. The van der Waals surface area contributed by atoms with Crippen molar-refractivity contribution in [2.75, 3.05) is 0 Å². The maximum absolute atomic E-state index is 11.5. The zero-order valence-electron chi connectivity index (χ0n) is 16.0. The van der Waals surface area contributed by atoms with Gasteiger partial charge in [0.15, 0.2) is 17.4 Å². The lowest BCUT2D eigenvalue weighted by molar-refractivity contribution is -0.164. The van der Waals surface area contributed by atoms with Crippen LogP contribution in [0.5, 0.6) is 0 Å². The number of hydrogen-bond donors (Lipinski definition) is 1. The van der Waals surface area contributed by atoms with Crippen molar-refractivity contribution in [3.05, 3.63) is 25.3 Å². The van der Waals surface area contributed by atoms with Gasteiger partial charge in [0.2, 0.25) is 0 Å². The number of ketones is 1. The van der Waals surface area contributed by atoms with E-state index < -0.39 is 17.7 Å². The SMILES string of the molecule is C=C[C@H]1CC(=O)[C@@H]2OC(C)(C)O[C@H]12.C=C[C@H]1C[C@H](O)[C@@H]2OC(C)(C)O[C@@H]21. The van der Waals surface area contributed by atoms with Crippen LogP contribution in [0.2, 0.25) is 0 Å². The first-order valence-corrected chi connectivity index (χ1v) is 9.24. The van der Waals surface area contributed by atoms with Gasteiger partial charge in [0.1, 0.15) is 18.3 Å². The summed E-state index contributed by atoms with van der Waals surface area (Å²) in [4.78, 5) is 11.5. The fraction of sp³-hybridized carbons (Fsp3) is 0.750. The molecule has 2 saturated carbocycles. The Morgan fingerprint density at radius 1 is 0.923 bits per heavy atom. The lowest BCUT2D eigenvalue weighted by Crippen LogP contribution is -2.28. The lowest BCUT2D eigenvalue weighted by atomic mass is 10.1. The van der Waals surface area contributed by atoms with Gasteiger partial charge in [-0.25, -0.2) is 0 Å².